The zero-order chi connectivity index (χ0) is 24.2. The van der Waals surface area contributed by atoms with Crippen molar-refractivity contribution in [3.63, 3.8) is 0 Å². The van der Waals surface area contributed by atoms with E-state index in [9.17, 15) is 0 Å². The Bertz CT molecular complexity index is 1180. The van der Waals surface area contributed by atoms with Crippen LogP contribution >= 0.6 is 23.2 Å². The van der Waals surface area contributed by atoms with Crippen LogP contribution in [-0.4, -0.2) is 34.9 Å². The van der Waals surface area contributed by atoms with Gasteiger partial charge < -0.3 is 20.5 Å². The van der Waals surface area contributed by atoms with Crippen molar-refractivity contribution in [1.29, 1.82) is 5.41 Å². The van der Waals surface area contributed by atoms with Crippen molar-refractivity contribution in [2.24, 2.45) is 0 Å². The number of nitrogens with two attached hydrogens (primary N) is 1. The fraction of sp³-hybridized carbons (Fsp3) is 0.320. The quantitative estimate of drug-likeness (QED) is 0.279. The third-order valence-corrected chi connectivity index (χ3v) is 6.44. The average Bonchev–Trinajstić information content (AvgIpc) is 2.82. The van der Waals surface area contributed by atoms with Gasteiger partial charge in [0.2, 0.25) is 0 Å². The van der Waals surface area contributed by atoms with E-state index in [0.29, 0.717) is 44.2 Å². The summed E-state index contributed by atoms with van der Waals surface area (Å²) in [7, 11) is 0. The Morgan fingerprint density at radius 1 is 1.18 bits per heavy atom. The Kier molecular flexibility index (Phi) is 7.56. The number of aryl methyl sites for hydroxylation is 1. The zero-order valence-electron chi connectivity index (χ0n) is 19.1. The molecule has 9 heteroatoms. The Morgan fingerprint density at radius 2 is 1.88 bits per heavy atom. The van der Waals surface area contributed by atoms with Crippen molar-refractivity contribution in [2.75, 3.05) is 24.3 Å². The second kappa shape index (κ2) is 10.6. The first-order valence-corrected chi connectivity index (χ1v) is 11.8. The van der Waals surface area contributed by atoms with E-state index in [1.165, 1.54) is 12.4 Å². The SMILES string of the molecule is Cc1cc(C(=N)c2cc(O[C@H](C)c3c(Cl)cncc3Cl)ccc2N)cnc1NC1CCOCC1. The maximum atomic E-state index is 8.78. The van der Waals surface area contributed by atoms with Crippen LogP contribution in [0.1, 0.15) is 48.1 Å². The average molecular weight is 500 g/mol. The van der Waals surface area contributed by atoms with E-state index in [2.05, 4.69) is 15.3 Å². The number of nitrogens with zero attached hydrogens (tertiary/aromatic N) is 2. The number of pyridine rings is 2. The van der Waals surface area contributed by atoms with Gasteiger partial charge in [0, 0.05) is 60.2 Å². The lowest BCUT2D eigenvalue weighted by Crippen LogP contribution is -2.28. The van der Waals surface area contributed by atoms with Gasteiger partial charge in [-0.05, 0) is 56.5 Å². The van der Waals surface area contributed by atoms with Crippen LogP contribution in [0.4, 0.5) is 11.5 Å². The van der Waals surface area contributed by atoms with Crippen LogP contribution in [0.15, 0.2) is 42.9 Å². The van der Waals surface area contributed by atoms with Gasteiger partial charge in [0.15, 0.2) is 0 Å². The molecular weight excluding hydrogens is 473 g/mol. The Hall–Kier alpha value is -2.87. The number of aromatic nitrogens is 2. The molecule has 0 spiro atoms. The molecule has 4 N–H and O–H groups in total. The number of benzene rings is 1. The van der Waals surface area contributed by atoms with E-state index in [4.69, 9.17) is 43.8 Å². The highest BCUT2D eigenvalue weighted by atomic mass is 35.5. The molecular formula is C25H27Cl2N5O2. The van der Waals surface area contributed by atoms with Crippen LogP contribution in [0.25, 0.3) is 0 Å². The van der Waals surface area contributed by atoms with Gasteiger partial charge in [0.05, 0.1) is 15.8 Å². The molecule has 2 aromatic heterocycles. The standard InChI is InChI=1S/C25H27Cl2N5O2/c1-14-9-16(11-31-25(14)32-17-5-7-33-8-6-17)24(29)19-10-18(3-4-22(19)28)34-15(2)23-20(26)12-30-13-21(23)27/h3-4,9-13,15,17,29H,5-8,28H2,1-2H3,(H,31,32)/t15-/m1/s1. The molecule has 0 radical (unpaired) electrons. The van der Waals surface area contributed by atoms with E-state index in [0.717, 1.165) is 37.4 Å². The second-order valence-electron chi connectivity index (χ2n) is 8.32. The predicted molar refractivity (Wildman–Crippen MR) is 137 cm³/mol. The third-order valence-electron chi connectivity index (χ3n) is 5.83. The maximum absolute atomic E-state index is 8.78. The molecule has 7 nitrogen and oxygen atoms in total. The Balaban J connectivity index is 1.53. The molecule has 1 aliphatic rings. The summed E-state index contributed by atoms with van der Waals surface area (Å²) < 4.78 is 11.5. The van der Waals surface area contributed by atoms with Gasteiger partial charge in [-0.15, -0.1) is 0 Å². The van der Waals surface area contributed by atoms with Crippen molar-refractivity contribution in [1.82, 2.24) is 9.97 Å². The van der Waals surface area contributed by atoms with E-state index in [1.807, 2.05) is 19.9 Å². The molecule has 0 saturated carbocycles. The number of nitrogens with one attached hydrogen (secondary N) is 2. The summed E-state index contributed by atoms with van der Waals surface area (Å²) >= 11 is 12.5. The van der Waals surface area contributed by atoms with Crippen molar-refractivity contribution < 1.29 is 9.47 Å². The molecule has 1 aliphatic heterocycles. The van der Waals surface area contributed by atoms with Crippen LogP contribution in [0.5, 0.6) is 5.75 Å². The number of halogens is 2. The van der Waals surface area contributed by atoms with E-state index in [1.54, 1.807) is 24.4 Å². The topological polar surface area (TPSA) is 106 Å². The van der Waals surface area contributed by atoms with Gasteiger partial charge in [-0.1, -0.05) is 23.2 Å². The lowest BCUT2D eigenvalue weighted by atomic mass is 10.0. The van der Waals surface area contributed by atoms with Crippen molar-refractivity contribution in [2.45, 2.75) is 38.8 Å². The van der Waals surface area contributed by atoms with Crippen LogP contribution in [0, 0.1) is 12.3 Å². The molecule has 4 rings (SSSR count). The number of hydrogen-bond donors (Lipinski definition) is 3. The largest absolute Gasteiger partial charge is 0.486 e. The summed E-state index contributed by atoms with van der Waals surface area (Å²) in [4.78, 5) is 8.56. The maximum Gasteiger partial charge on any atom is 0.129 e. The molecule has 1 atom stereocenters. The number of rotatable bonds is 7. The minimum absolute atomic E-state index is 0.267. The van der Waals surface area contributed by atoms with Gasteiger partial charge in [-0.25, -0.2) is 4.98 Å². The molecule has 3 heterocycles. The molecule has 34 heavy (non-hydrogen) atoms. The summed E-state index contributed by atoms with van der Waals surface area (Å²) in [6.45, 7) is 5.36. The van der Waals surface area contributed by atoms with Gasteiger partial charge >= 0.3 is 0 Å². The Labute approximate surface area is 209 Å². The molecule has 0 unspecified atom stereocenters. The third kappa shape index (κ3) is 5.43. The first-order valence-electron chi connectivity index (χ1n) is 11.1. The fourth-order valence-corrected chi connectivity index (χ4v) is 4.62. The predicted octanol–water partition coefficient (Wildman–Crippen LogP) is 5.82. The molecule has 1 saturated heterocycles. The normalized spacial score (nSPS) is 15.1. The molecule has 0 aliphatic carbocycles. The van der Waals surface area contributed by atoms with Gasteiger partial charge in [0.25, 0.3) is 0 Å². The van der Waals surface area contributed by atoms with Gasteiger partial charge in [-0.3, -0.25) is 10.4 Å². The van der Waals surface area contributed by atoms with Crippen molar-refractivity contribution in [3.05, 3.63) is 75.2 Å². The highest BCUT2D eigenvalue weighted by molar-refractivity contribution is 6.35. The van der Waals surface area contributed by atoms with Gasteiger partial charge in [-0.2, -0.15) is 0 Å². The van der Waals surface area contributed by atoms with Crippen LogP contribution in [-0.2, 0) is 4.74 Å². The highest BCUT2D eigenvalue weighted by Gasteiger charge is 2.19. The number of ether oxygens (including phenoxy) is 2. The lowest BCUT2D eigenvalue weighted by molar-refractivity contribution is 0.0904. The Morgan fingerprint density at radius 3 is 2.56 bits per heavy atom. The van der Waals surface area contributed by atoms with E-state index >= 15 is 0 Å². The second-order valence-corrected chi connectivity index (χ2v) is 9.14. The van der Waals surface area contributed by atoms with Crippen LogP contribution in [0.2, 0.25) is 10.0 Å². The molecule has 1 aromatic carbocycles. The highest BCUT2D eigenvalue weighted by Crippen LogP contribution is 2.33. The molecule has 0 amide bonds. The summed E-state index contributed by atoms with van der Waals surface area (Å²) in [6, 6.07) is 7.53. The van der Waals surface area contributed by atoms with E-state index in [-0.39, 0.29) is 5.71 Å². The minimum atomic E-state index is -0.423. The lowest BCUT2D eigenvalue weighted by Gasteiger charge is -2.24. The molecule has 0 bridgehead atoms. The number of nitrogen functional groups attached to an aromatic ring is 1. The first kappa shape index (κ1) is 24.3. The summed E-state index contributed by atoms with van der Waals surface area (Å²) in [5.41, 5.74) is 9.82. The van der Waals surface area contributed by atoms with E-state index < -0.39 is 6.10 Å². The summed E-state index contributed by atoms with van der Waals surface area (Å²) in [6.07, 6.45) is 6.24. The van der Waals surface area contributed by atoms with Crippen molar-refractivity contribution in [3.8, 4) is 5.75 Å². The molecule has 178 valence electrons. The van der Waals surface area contributed by atoms with Crippen LogP contribution in [0.3, 0.4) is 0 Å². The molecule has 1 fully saturated rings. The zero-order valence-corrected chi connectivity index (χ0v) is 20.6. The summed E-state index contributed by atoms with van der Waals surface area (Å²) in [5.74, 6) is 1.38. The number of anilines is 2. The number of hydrogen-bond acceptors (Lipinski definition) is 7. The van der Waals surface area contributed by atoms with Gasteiger partial charge in [0.1, 0.15) is 17.7 Å². The summed E-state index contributed by atoms with van der Waals surface area (Å²) in [5, 5.41) is 13.1. The van der Waals surface area contributed by atoms with Crippen LogP contribution < -0.4 is 15.8 Å². The monoisotopic (exact) mass is 499 g/mol. The molecule has 3 aromatic rings. The first-order chi connectivity index (χ1) is 16.3. The minimum Gasteiger partial charge on any atom is -0.486 e. The van der Waals surface area contributed by atoms with Crippen molar-refractivity contribution >= 4 is 40.4 Å². The smallest absolute Gasteiger partial charge is 0.129 e. The fourth-order valence-electron chi connectivity index (χ4n) is 3.95.